The van der Waals surface area contributed by atoms with Crippen molar-refractivity contribution in [2.75, 3.05) is 0 Å². The molecular weight excluding hydrogens is 260 g/mol. The quantitative estimate of drug-likeness (QED) is 0.619. The van der Waals surface area contributed by atoms with E-state index in [1.807, 2.05) is 48.5 Å². The maximum absolute atomic E-state index is 12.2. The number of ether oxygens (including phenoxy) is 1. The summed E-state index contributed by atoms with van der Waals surface area (Å²) in [5.74, 6) is -0.227. The summed E-state index contributed by atoms with van der Waals surface area (Å²) in [6.45, 7) is 0. The lowest BCUT2D eigenvalue weighted by Crippen LogP contribution is -2.21. The van der Waals surface area contributed by atoms with Crippen LogP contribution in [0.2, 0.25) is 0 Å². The van der Waals surface area contributed by atoms with Gasteiger partial charge >= 0.3 is 5.97 Å². The summed E-state index contributed by atoms with van der Waals surface area (Å²) < 4.78 is 5.67. The molecule has 21 heavy (non-hydrogen) atoms. The molecule has 0 saturated carbocycles. The van der Waals surface area contributed by atoms with Crippen LogP contribution in [0.1, 0.15) is 27.6 Å². The Labute approximate surface area is 123 Å². The molecule has 0 saturated heterocycles. The van der Waals surface area contributed by atoms with Crippen molar-refractivity contribution in [3.63, 3.8) is 0 Å². The monoisotopic (exact) mass is 274 g/mol. The highest BCUT2D eigenvalue weighted by atomic mass is 16.5. The second-order valence-electron chi connectivity index (χ2n) is 5.32. The fourth-order valence-electron chi connectivity index (χ4n) is 3.04. The Kier molecular flexibility index (Phi) is 2.74. The summed E-state index contributed by atoms with van der Waals surface area (Å²) >= 11 is 0. The molecule has 0 bridgehead atoms. The van der Waals surface area contributed by atoms with Crippen LogP contribution in [0.4, 0.5) is 0 Å². The highest BCUT2D eigenvalue weighted by Crippen LogP contribution is 2.34. The van der Waals surface area contributed by atoms with Crippen LogP contribution in [0, 0.1) is 0 Å². The van der Waals surface area contributed by atoms with Crippen LogP contribution in [-0.4, -0.2) is 5.97 Å². The Bertz CT molecular complexity index is 830. The van der Waals surface area contributed by atoms with Gasteiger partial charge in [0.15, 0.2) is 0 Å². The van der Waals surface area contributed by atoms with E-state index in [1.54, 1.807) is 0 Å². The molecule has 4 rings (SSSR count). The number of carbonyl (C=O) groups is 1. The molecule has 0 unspecified atom stereocenters. The second-order valence-corrected chi connectivity index (χ2v) is 5.32. The van der Waals surface area contributed by atoms with Gasteiger partial charge in [0.05, 0.1) is 5.56 Å². The van der Waals surface area contributed by atoms with E-state index in [0.29, 0.717) is 5.56 Å². The van der Waals surface area contributed by atoms with Gasteiger partial charge in [-0.25, -0.2) is 4.79 Å². The van der Waals surface area contributed by atoms with Crippen LogP contribution in [0.25, 0.3) is 10.8 Å². The lowest BCUT2D eigenvalue weighted by Gasteiger charge is -2.25. The Morgan fingerprint density at radius 3 is 2.57 bits per heavy atom. The van der Waals surface area contributed by atoms with Gasteiger partial charge in [0, 0.05) is 12.0 Å². The van der Waals surface area contributed by atoms with Crippen LogP contribution in [0.3, 0.4) is 0 Å². The van der Waals surface area contributed by atoms with E-state index in [2.05, 4.69) is 18.2 Å². The van der Waals surface area contributed by atoms with E-state index in [4.69, 9.17) is 4.74 Å². The second kappa shape index (κ2) is 4.74. The molecule has 3 aromatic rings. The first kappa shape index (κ1) is 12.2. The van der Waals surface area contributed by atoms with Crippen LogP contribution in [-0.2, 0) is 11.2 Å². The van der Waals surface area contributed by atoms with Crippen molar-refractivity contribution < 1.29 is 9.53 Å². The molecule has 0 N–H and O–H groups in total. The minimum Gasteiger partial charge on any atom is -0.454 e. The van der Waals surface area contributed by atoms with Crippen molar-refractivity contribution in [1.29, 1.82) is 0 Å². The lowest BCUT2D eigenvalue weighted by atomic mass is 9.92. The first-order valence-corrected chi connectivity index (χ1v) is 7.09. The van der Waals surface area contributed by atoms with E-state index in [9.17, 15) is 4.79 Å². The van der Waals surface area contributed by atoms with Gasteiger partial charge in [-0.3, -0.25) is 0 Å². The average Bonchev–Trinajstić information content (AvgIpc) is 2.54. The van der Waals surface area contributed by atoms with Crippen molar-refractivity contribution in [2.24, 2.45) is 0 Å². The van der Waals surface area contributed by atoms with E-state index >= 15 is 0 Å². The van der Waals surface area contributed by atoms with E-state index in [-0.39, 0.29) is 12.1 Å². The van der Waals surface area contributed by atoms with E-state index in [0.717, 1.165) is 22.9 Å². The molecule has 0 aliphatic carbocycles. The third kappa shape index (κ3) is 2.00. The van der Waals surface area contributed by atoms with Crippen molar-refractivity contribution in [3.8, 4) is 0 Å². The Balaban J connectivity index is 1.83. The van der Waals surface area contributed by atoms with Gasteiger partial charge < -0.3 is 4.74 Å². The van der Waals surface area contributed by atoms with Gasteiger partial charge in [-0.05, 0) is 22.4 Å². The Hall–Kier alpha value is -2.61. The number of esters is 1. The molecular formula is C19H14O2. The third-order valence-corrected chi connectivity index (χ3v) is 4.06. The van der Waals surface area contributed by atoms with Crippen molar-refractivity contribution >= 4 is 16.7 Å². The molecule has 0 fully saturated rings. The van der Waals surface area contributed by atoms with Gasteiger partial charge in [-0.1, -0.05) is 60.7 Å². The molecule has 0 amide bonds. The maximum atomic E-state index is 12.2. The summed E-state index contributed by atoms with van der Waals surface area (Å²) in [7, 11) is 0. The van der Waals surface area contributed by atoms with Crippen molar-refractivity contribution in [3.05, 3.63) is 83.4 Å². The first-order chi connectivity index (χ1) is 10.3. The van der Waals surface area contributed by atoms with Gasteiger partial charge in [0.25, 0.3) is 0 Å². The SMILES string of the molecule is O=C1O[C@H](c2cccc3ccccc23)Cc2ccccc21. The van der Waals surface area contributed by atoms with Crippen LogP contribution in [0.15, 0.2) is 66.7 Å². The molecule has 0 aromatic heterocycles. The molecule has 2 heteroatoms. The fraction of sp³-hybridized carbons (Fsp3) is 0.105. The van der Waals surface area contributed by atoms with E-state index in [1.165, 1.54) is 5.39 Å². The molecule has 2 nitrogen and oxygen atoms in total. The molecule has 0 radical (unpaired) electrons. The standard InChI is InChI=1S/C19H14O2/c20-19-16-10-4-2-7-14(16)12-18(21-19)17-11-5-8-13-6-1-3-9-15(13)17/h1-11,18H,12H2/t18-/m0/s1. The molecule has 1 heterocycles. The summed E-state index contributed by atoms with van der Waals surface area (Å²) in [6.07, 6.45) is 0.522. The summed E-state index contributed by atoms with van der Waals surface area (Å²) in [5, 5.41) is 2.32. The van der Waals surface area contributed by atoms with Crippen LogP contribution in [0.5, 0.6) is 0 Å². The minimum atomic E-state index is -0.227. The molecule has 1 aliphatic rings. The van der Waals surface area contributed by atoms with Gasteiger partial charge in [0.1, 0.15) is 6.10 Å². The minimum absolute atomic E-state index is 0.210. The Morgan fingerprint density at radius 2 is 1.62 bits per heavy atom. The smallest absolute Gasteiger partial charge is 0.339 e. The molecule has 0 spiro atoms. The highest BCUT2D eigenvalue weighted by Gasteiger charge is 2.27. The Morgan fingerprint density at radius 1 is 0.857 bits per heavy atom. The predicted molar refractivity (Wildman–Crippen MR) is 82.3 cm³/mol. The zero-order chi connectivity index (χ0) is 14.2. The van der Waals surface area contributed by atoms with Crippen molar-refractivity contribution in [2.45, 2.75) is 12.5 Å². The largest absolute Gasteiger partial charge is 0.454 e. The highest BCUT2D eigenvalue weighted by molar-refractivity contribution is 5.93. The van der Waals surface area contributed by atoms with Gasteiger partial charge in [0.2, 0.25) is 0 Å². The van der Waals surface area contributed by atoms with Gasteiger partial charge in [-0.2, -0.15) is 0 Å². The molecule has 3 aromatic carbocycles. The van der Waals surface area contributed by atoms with Gasteiger partial charge in [-0.15, -0.1) is 0 Å². The van der Waals surface area contributed by atoms with Crippen LogP contribution >= 0.6 is 0 Å². The predicted octanol–water partition coefficient (Wildman–Crippen LogP) is 4.29. The number of fused-ring (bicyclic) bond motifs is 2. The number of cyclic esters (lactones) is 1. The number of hydrogen-bond donors (Lipinski definition) is 0. The molecule has 1 atom stereocenters. The zero-order valence-corrected chi connectivity index (χ0v) is 11.5. The summed E-state index contributed by atoms with van der Waals surface area (Å²) in [6, 6.07) is 22.0. The summed E-state index contributed by atoms with van der Waals surface area (Å²) in [5.41, 5.74) is 2.83. The average molecular weight is 274 g/mol. The number of carbonyl (C=O) groups excluding carboxylic acids is 1. The first-order valence-electron chi connectivity index (χ1n) is 7.09. The molecule has 1 aliphatic heterocycles. The topological polar surface area (TPSA) is 26.3 Å². The zero-order valence-electron chi connectivity index (χ0n) is 11.5. The van der Waals surface area contributed by atoms with E-state index < -0.39 is 0 Å². The maximum Gasteiger partial charge on any atom is 0.339 e. The molecule has 102 valence electrons. The lowest BCUT2D eigenvalue weighted by molar-refractivity contribution is 0.0256. The third-order valence-electron chi connectivity index (χ3n) is 4.06. The summed E-state index contributed by atoms with van der Waals surface area (Å²) in [4.78, 5) is 12.2. The number of rotatable bonds is 1. The number of benzene rings is 3. The van der Waals surface area contributed by atoms with Crippen molar-refractivity contribution in [1.82, 2.24) is 0 Å². The normalized spacial score (nSPS) is 17.3. The number of hydrogen-bond acceptors (Lipinski definition) is 2. The fourth-order valence-corrected chi connectivity index (χ4v) is 3.04. The van der Waals surface area contributed by atoms with Crippen LogP contribution < -0.4 is 0 Å².